The Hall–Kier alpha value is -1.07. The molecule has 43 heavy (non-hydrogen) atoms. The summed E-state index contributed by atoms with van der Waals surface area (Å²) >= 11 is 0. The number of sulfonamides is 1. The molecule has 4 N–H and O–H groups in total. The van der Waals surface area contributed by atoms with Crippen molar-refractivity contribution in [3.63, 3.8) is 0 Å². The number of nitrogens with zero attached hydrogens (tertiary/aromatic N) is 1. The quantitative estimate of drug-likeness (QED) is 0.377. The summed E-state index contributed by atoms with van der Waals surface area (Å²) in [6, 6.07) is 7.91. The molecule has 5 aliphatic carbocycles. The largest absolute Gasteiger partial charge is 0.362 e. The molecular weight excluding hydrogens is 558 g/mol. The zero-order valence-electron chi connectivity index (χ0n) is 26.8. The standard InChI is InChI=1S/C34H55N5O3S/c1-21(2)11-28-20-42-31-15-30(32-22(3)7-5-8-23(32)4)35-33(36-31)38-43(40,41)29-10-6-9-24(12-29)19-39(28)27-13-26(14-27)37-34-16-25(17-34)18-34/h5,7-8,21,24-31,33,35-38H,6,9-20H2,1-4H3/t24?,25?,26?,27?,28-,29?,30?,31?,33?,34?/m1/s1. The van der Waals surface area contributed by atoms with Crippen molar-refractivity contribution >= 4 is 10.0 Å². The fourth-order valence-electron chi connectivity index (χ4n) is 9.53. The normalized spacial score (nSPS) is 42.9. The third kappa shape index (κ3) is 6.34. The van der Waals surface area contributed by atoms with Crippen LogP contribution in [0.2, 0.25) is 0 Å². The summed E-state index contributed by atoms with van der Waals surface area (Å²) in [5.74, 6) is 1.97. The first-order valence-corrected chi connectivity index (χ1v) is 18.8. The number of nitrogens with one attached hydrogen (secondary N) is 4. The maximum absolute atomic E-state index is 13.8. The van der Waals surface area contributed by atoms with Gasteiger partial charge in [0.1, 0.15) is 12.5 Å². The molecule has 0 radical (unpaired) electrons. The van der Waals surface area contributed by atoms with Crippen LogP contribution in [-0.2, 0) is 14.8 Å². The summed E-state index contributed by atoms with van der Waals surface area (Å²) in [5.41, 5.74) is 4.18. The third-order valence-corrected chi connectivity index (χ3v) is 13.7. The van der Waals surface area contributed by atoms with Gasteiger partial charge >= 0.3 is 0 Å². The second kappa shape index (κ2) is 11.9. The first-order valence-electron chi connectivity index (χ1n) is 17.3. The number of rotatable bonds is 6. The van der Waals surface area contributed by atoms with Gasteiger partial charge in [0.05, 0.1) is 11.9 Å². The Morgan fingerprint density at radius 3 is 2.44 bits per heavy atom. The molecule has 0 aromatic heterocycles. The van der Waals surface area contributed by atoms with Crippen molar-refractivity contribution < 1.29 is 13.2 Å². The minimum absolute atomic E-state index is 0.000479. The molecule has 1 aromatic rings. The molecular formula is C34H55N5O3S. The average Bonchev–Trinajstić information content (AvgIpc) is 2.87. The Balaban J connectivity index is 1.15. The lowest BCUT2D eigenvalue weighted by atomic mass is 9.49. The van der Waals surface area contributed by atoms with Gasteiger partial charge in [0.2, 0.25) is 10.0 Å². The lowest BCUT2D eigenvalue weighted by Crippen LogP contribution is -2.71. The van der Waals surface area contributed by atoms with E-state index in [1.807, 2.05) is 0 Å². The molecule has 8 nitrogen and oxygen atoms in total. The van der Waals surface area contributed by atoms with E-state index >= 15 is 0 Å². The molecule has 2 saturated heterocycles. The van der Waals surface area contributed by atoms with E-state index < -0.39 is 16.3 Å². The Morgan fingerprint density at radius 1 is 1.02 bits per heavy atom. The monoisotopic (exact) mass is 613 g/mol. The summed E-state index contributed by atoms with van der Waals surface area (Å²) in [5, 5.41) is 10.8. The Morgan fingerprint density at radius 2 is 1.77 bits per heavy atom. The van der Waals surface area contributed by atoms with E-state index in [0.29, 0.717) is 42.1 Å². The van der Waals surface area contributed by atoms with Crippen LogP contribution in [-0.4, -0.2) is 67.9 Å². The van der Waals surface area contributed by atoms with Crippen LogP contribution in [0.3, 0.4) is 0 Å². The van der Waals surface area contributed by atoms with E-state index in [4.69, 9.17) is 4.74 Å². The van der Waals surface area contributed by atoms with Crippen LogP contribution in [0.5, 0.6) is 0 Å². The predicted molar refractivity (Wildman–Crippen MR) is 171 cm³/mol. The Kier molecular flexibility index (Phi) is 8.49. The Labute approximate surface area is 259 Å². The number of benzene rings is 1. The molecule has 6 bridgehead atoms. The second-order valence-electron chi connectivity index (χ2n) is 15.7. The maximum Gasteiger partial charge on any atom is 0.216 e. The molecule has 7 fully saturated rings. The third-order valence-electron chi connectivity index (χ3n) is 11.8. The SMILES string of the molecule is Cc1cccc(C)c1C1CC2NC(N1)NS(=O)(=O)C1CCCC(C1)CN(C1CC(NC34CC(C3)C4)C1)[C@H](CC(C)C)CO2. The summed E-state index contributed by atoms with van der Waals surface area (Å²) in [4.78, 5) is 2.78. The lowest BCUT2D eigenvalue weighted by Gasteiger charge is -2.65. The minimum Gasteiger partial charge on any atom is -0.362 e. The van der Waals surface area contributed by atoms with Crippen molar-refractivity contribution in [2.24, 2.45) is 17.8 Å². The molecule has 240 valence electrons. The van der Waals surface area contributed by atoms with Crippen molar-refractivity contribution in [3.05, 3.63) is 34.9 Å². The first-order chi connectivity index (χ1) is 20.6. The maximum atomic E-state index is 13.8. The average molecular weight is 614 g/mol. The molecule has 0 spiro atoms. The van der Waals surface area contributed by atoms with E-state index in [0.717, 1.165) is 51.0 Å². The van der Waals surface area contributed by atoms with Gasteiger partial charge in [-0.3, -0.25) is 15.5 Å². The van der Waals surface area contributed by atoms with Gasteiger partial charge in [-0.15, -0.1) is 0 Å². The zero-order valence-corrected chi connectivity index (χ0v) is 27.6. The second-order valence-corrected chi connectivity index (χ2v) is 17.7. The summed E-state index contributed by atoms with van der Waals surface area (Å²) < 4.78 is 37.5. The summed E-state index contributed by atoms with van der Waals surface area (Å²) in [6.07, 6.45) is 11.2. The molecule has 9 heteroatoms. The van der Waals surface area contributed by atoms with Crippen LogP contribution < -0.4 is 20.7 Å². The van der Waals surface area contributed by atoms with Gasteiger partial charge in [-0.25, -0.2) is 8.42 Å². The highest BCUT2D eigenvalue weighted by Crippen LogP contribution is 2.57. The number of hydrogen-bond donors (Lipinski definition) is 4. The highest BCUT2D eigenvalue weighted by atomic mass is 32.2. The molecule has 6 atom stereocenters. The van der Waals surface area contributed by atoms with E-state index in [9.17, 15) is 8.42 Å². The number of ether oxygens (including phenoxy) is 1. The van der Waals surface area contributed by atoms with Gasteiger partial charge in [0, 0.05) is 42.7 Å². The van der Waals surface area contributed by atoms with Crippen molar-refractivity contribution in [2.75, 3.05) is 13.2 Å². The topological polar surface area (TPSA) is 94.7 Å². The predicted octanol–water partition coefficient (Wildman–Crippen LogP) is 4.44. The fraction of sp³-hybridized carbons (Fsp3) is 0.824. The first kappa shape index (κ1) is 30.6. The molecule has 5 saturated carbocycles. The van der Waals surface area contributed by atoms with Gasteiger partial charge in [-0.05, 0) is 106 Å². The summed E-state index contributed by atoms with van der Waals surface area (Å²) in [6.45, 7) is 10.6. The molecule has 1 aromatic carbocycles. The minimum atomic E-state index is -3.51. The van der Waals surface area contributed by atoms with Crippen LogP contribution in [0.1, 0.15) is 107 Å². The number of fused-ring (bicyclic) bond motifs is 4. The molecule has 2 heterocycles. The van der Waals surface area contributed by atoms with Gasteiger partial charge in [0.15, 0.2) is 0 Å². The van der Waals surface area contributed by atoms with Crippen LogP contribution in [0, 0.1) is 31.6 Å². The van der Waals surface area contributed by atoms with E-state index in [1.165, 1.54) is 48.8 Å². The van der Waals surface area contributed by atoms with Crippen molar-refractivity contribution in [1.29, 1.82) is 0 Å². The molecule has 5 unspecified atom stereocenters. The highest BCUT2D eigenvalue weighted by Gasteiger charge is 2.58. The van der Waals surface area contributed by atoms with Crippen LogP contribution in [0.25, 0.3) is 0 Å². The van der Waals surface area contributed by atoms with Crippen LogP contribution in [0.4, 0.5) is 0 Å². The van der Waals surface area contributed by atoms with Crippen molar-refractivity contribution in [1.82, 2.24) is 25.6 Å². The fourth-order valence-corrected chi connectivity index (χ4v) is 11.2. The van der Waals surface area contributed by atoms with E-state index in [1.54, 1.807) is 0 Å². The van der Waals surface area contributed by atoms with Crippen molar-refractivity contribution in [3.8, 4) is 0 Å². The van der Waals surface area contributed by atoms with Gasteiger partial charge < -0.3 is 10.1 Å². The highest BCUT2D eigenvalue weighted by molar-refractivity contribution is 7.90. The Bertz CT molecular complexity index is 1230. The number of aryl methyl sites for hydroxylation is 2. The van der Waals surface area contributed by atoms with Gasteiger partial charge in [0.25, 0.3) is 0 Å². The smallest absolute Gasteiger partial charge is 0.216 e. The lowest BCUT2D eigenvalue weighted by molar-refractivity contribution is -0.0879. The van der Waals surface area contributed by atoms with E-state index in [2.05, 4.69) is 71.5 Å². The van der Waals surface area contributed by atoms with Gasteiger partial charge in [-0.1, -0.05) is 38.5 Å². The molecule has 2 aliphatic heterocycles. The van der Waals surface area contributed by atoms with Crippen molar-refractivity contribution in [2.45, 2.75) is 146 Å². The van der Waals surface area contributed by atoms with E-state index in [-0.39, 0.29) is 17.5 Å². The zero-order chi connectivity index (χ0) is 29.9. The molecule has 8 rings (SSSR count). The summed E-state index contributed by atoms with van der Waals surface area (Å²) in [7, 11) is -3.51. The van der Waals surface area contributed by atoms with Crippen LogP contribution >= 0.6 is 0 Å². The molecule has 7 aliphatic rings. The number of hydrogen-bond acceptors (Lipinski definition) is 7. The van der Waals surface area contributed by atoms with Crippen LogP contribution in [0.15, 0.2) is 18.2 Å². The molecule has 0 amide bonds. The van der Waals surface area contributed by atoms with Gasteiger partial charge in [-0.2, -0.15) is 4.72 Å².